The first kappa shape index (κ1) is 12.7. The van der Waals surface area contributed by atoms with E-state index in [0.29, 0.717) is 5.56 Å². The molecule has 2 aromatic rings. The van der Waals surface area contributed by atoms with Crippen LogP contribution in [0.5, 0.6) is 0 Å². The van der Waals surface area contributed by atoms with Gasteiger partial charge in [0.05, 0.1) is 0 Å². The molecule has 1 unspecified atom stereocenters. The monoisotopic (exact) mass is 357 g/mol. The first-order valence-corrected chi connectivity index (χ1v) is 6.85. The minimum absolute atomic E-state index is 0.0394. The van der Waals surface area contributed by atoms with Gasteiger partial charge in [0.1, 0.15) is 5.82 Å². The van der Waals surface area contributed by atoms with E-state index in [1.165, 1.54) is 6.07 Å². The van der Waals surface area contributed by atoms with E-state index in [4.69, 9.17) is 0 Å². The number of nitrogens with zero attached hydrogens (tertiary/aromatic N) is 1. The van der Waals surface area contributed by atoms with E-state index >= 15 is 0 Å². The summed E-state index contributed by atoms with van der Waals surface area (Å²) in [6, 6.07) is 8.84. The Morgan fingerprint density at radius 3 is 2.59 bits per heavy atom. The molecule has 0 bridgehead atoms. The second-order valence-electron chi connectivity index (χ2n) is 3.69. The van der Waals surface area contributed by atoms with E-state index in [2.05, 4.69) is 36.8 Å². The van der Waals surface area contributed by atoms with Crippen molar-refractivity contribution >= 4 is 31.9 Å². The van der Waals surface area contributed by atoms with Crippen molar-refractivity contribution in [2.45, 2.75) is 11.2 Å². The maximum atomic E-state index is 13.7. The molecule has 2 rings (SSSR count). The molecule has 0 N–H and O–H groups in total. The van der Waals surface area contributed by atoms with Crippen molar-refractivity contribution in [2.24, 2.45) is 0 Å². The maximum Gasteiger partial charge on any atom is 0.127 e. The number of rotatable bonds is 3. The van der Waals surface area contributed by atoms with Crippen LogP contribution >= 0.6 is 31.9 Å². The Morgan fingerprint density at radius 1 is 1.18 bits per heavy atom. The summed E-state index contributed by atoms with van der Waals surface area (Å²) in [5.74, 6) is -0.191. The highest BCUT2D eigenvalue weighted by Crippen LogP contribution is 2.30. The number of hydrogen-bond donors (Lipinski definition) is 0. The smallest absolute Gasteiger partial charge is 0.127 e. The van der Waals surface area contributed by atoms with Crippen LogP contribution in [0.1, 0.15) is 16.0 Å². The molecule has 0 spiro atoms. The van der Waals surface area contributed by atoms with Gasteiger partial charge in [-0.15, -0.1) is 0 Å². The highest BCUT2D eigenvalue weighted by Gasteiger charge is 2.13. The first-order chi connectivity index (χ1) is 8.16. The summed E-state index contributed by atoms with van der Waals surface area (Å²) in [7, 11) is 0. The Balaban J connectivity index is 2.20. The van der Waals surface area contributed by atoms with E-state index in [0.717, 1.165) is 16.5 Å². The zero-order valence-electron chi connectivity index (χ0n) is 8.91. The lowest BCUT2D eigenvalue weighted by molar-refractivity contribution is 0.607. The van der Waals surface area contributed by atoms with Crippen LogP contribution in [0.3, 0.4) is 0 Å². The Hall–Kier alpha value is -0.740. The van der Waals surface area contributed by atoms with E-state index in [-0.39, 0.29) is 10.6 Å². The van der Waals surface area contributed by atoms with Gasteiger partial charge in [-0.1, -0.05) is 31.9 Å². The highest BCUT2D eigenvalue weighted by atomic mass is 79.9. The van der Waals surface area contributed by atoms with Crippen LogP contribution in [0.4, 0.5) is 4.39 Å². The van der Waals surface area contributed by atoms with Crippen LogP contribution in [0.2, 0.25) is 0 Å². The minimum Gasteiger partial charge on any atom is -0.265 e. The third kappa shape index (κ3) is 3.36. The number of halogens is 3. The molecular formula is C13H10Br2FN. The number of hydrogen-bond acceptors (Lipinski definition) is 1. The molecule has 1 aromatic carbocycles. The average Bonchev–Trinajstić information content (AvgIpc) is 2.33. The van der Waals surface area contributed by atoms with Gasteiger partial charge in [-0.05, 0) is 42.3 Å². The molecule has 0 aliphatic carbocycles. The summed E-state index contributed by atoms with van der Waals surface area (Å²) >= 11 is 6.88. The predicted molar refractivity (Wildman–Crippen MR) is 73.7 cm³/mol. The van der Waals surface area contributed by atoms with Gasteiger partial charge < -0.3 is 0 Å². The summed E-state index contributed by atoms with van der Waals surface area (Å²) in [6.45, 7) is 0. The van der Waals surface area contributed by atoms with Gasteiger partial charge in [0.15, 0.2) is 0 Å². The van der Waals surface area contributed by atoms with Crippen molar-refractivity contribution in [1.29, 1.82) is 0 Å². The Bertz CT molecular complexity index is 502. The molecular weight excluding hydrogens is 349 g/mol. The average molecular weight is 359 g/mol. The molecule has 0 aliphatic heterocycles. The van der Waals surface area contributed by atoms with E-state index < -0.39 is 0 Å². The topological polar surface area (TPSA) is 12.9 Å². The van der Waals surface area contributed by atoms with Crippen LogP contribution in [0.25, 0.3) is 0 Å². The zero-order chi connectivity index (χ0) is 12.3. The second-order valence-corrected chi connectivity index (χ2v) is 5.71. The predicted octanol–water partition coefficient (Wildman–Crippen LogP) is 4.66. The van der Waals surface area contributed by atoms with E-state index in [1.54, 1.807) is 24.5 Å². The molecule has 0 fully saturated rings. The zero-order valence-corrected chi connectivity index (χ0v) is 12.1. The van der Waals surface area contributed by atoms with Crippen LogP contribution in [0.15, 0.2) is 47.2 Å². The summed E-state index contributed by atoms with van der Waals surface area (Å²) in [5.41, 5.74) is 1.79. The second kappa shape index (κ2) is 5.74. The largest absolute Gasteiger partial charge is 0.265 e. The molecule has 1 nitrogen and oxygen atoms in total. The Morgan fingerprint density at radius 2 is 1.88 bits per heavy atom. The lowest BCUT2D eigenvalue weighted by Gasteiger charge is -2.11. The van der Waals surface area contributed by atoms with Gasteiger partial charge in [-0.25, -0.2) is 4.39 Å². The standard InChI is InChI=1S/C13H10Br2FN/c14-10-1-2-13(16)11(8-10)12(15)7-9-3-5-17-6-4-9/h1-6,8,12H,7H2. The molecule has 88 valence electrons. The molecule has 0 radical (unpaired) electrons. The van der Waals surface area contributed by atoms with Crippen molar-refractivity contribution in [3.8, 4) is 0 Å². The molecule has 1 heterocycles. The lowest BCUT2D eigenvalue weighted by atomic mass is 10.0. The molecule has 0 saturated heterocycles. The summed E-state index contributed by atoms with van der Waals surface area (Å²) in [5, 5.41) is 0. The normalized spacial score (nSPS) is 12.4. The fourth-order valence-electron chi connectivity index (χ4n) is 1.59. The van der Waals surface area contributed by atoms with Crippen molar-refractivity contribution in [1.82, 2.24) is 4.98 Å². The van der Waals surface area contributed by atoms with Gasteiger partial charge >= 0.3 is 0 Å². The van der Waals surface area contributed by atoms with E-state index in [1.807, 2.05) is 12.1 Å². The molecule has 17 heavy (non-hydrogen) atoms. The fourth-order valence-corrected chi connectivity index (χ4v) is 2.69. The number of pyridine rings is 1. The van der Waals surface area contributed by atoms with Crippen molar-refractivity contribution in [3.63, 3.8) is 0 Å². The van der Waals surface area contributed by atoms with Crippen molar-refractivity contribution in [3.05, 3.63) is 64.1 Å². The van der Waals surface area contributed by atoms with Gasteiger partial charge in [0.25, 0.3) is 0 Å². The van der Waals surface area contributed by atoms with Crippen molar-refractivity contribution < 1.29 is 4.39 Å². The first-order valence-electron chi connectivity index (χ1n) is 5.15. The SMILES string of the molecule is Fc1ccc(Br)cc1C(Br)Cc1ccncc1. The lowest BCUT2D eigenvalue weighted by Crippen LogP contribution is -1.98. The van der Waals surface area contributed by atoms with Crippen LogP contribution in [-0.2, 0) is 6.42 Å². The number of alkyl halides is 1. The van der Waals surface area contributed by atoms with Gasteiger partial charge in [-0.3, -0.25) is 4.98 Å². The number of aromatic nitrogens is 1. The molecule has 4 heteroatoms. The number of benzene rings is 1. The summed E-state index contributed by atoms with van der Waals surface area (Å²) in [6.07, 6.45) is 4.22. The van der Waals surface area contributed by atoms with Crippen LogP contribution in [0, 0.1) is 5.82 Å². The third-order valence-corrected chi connectivity index (χ3v) is 3.77. The minimum atomic E-state index is -0.191. The Kier molecular flexibility index (Phi) is 4.29. The highest BCUT2D eigenvalue weighted by molar-refractivity contribution is 9.10. The van der Waals surface area contributed by atoms with Gasteiger partial charge in [0, 0.05) is 27.3 Å². The molecule has 1 aromatic heterocycles. The summed E-state index contributed by atoms with van der Waals surface area (Å²) in [4.78, 5) is 3.92. The Labute approximate surface area is 116 Å². The molecule has 0 amide bonds. The third-order valence-electron chi connectivity index (χ3n) is 2.46. The van der Waals surface area contributed by atoms with Crippen LogP contribution in [-0.4, -0.2) is 4.98 Å². The molecule has 0 saturated carbocycles. The van der Waals surface area contributed by atoms with E-state index in [9.17, 15) is 4.39 Å². The molecule has 0 aliphatic rings. The summed E-state index contributed by atoms with van der Waals surface area (Å²) < 4.78 is 14.5. The fraction of sp³-hybridized carbons (Fsp3) is 0.154. The quantitative estimate of drug-likeness (QED) is 0.727. The maximum absolute atomic E-state index is 13.7. The van der Waals surface area contributed by atoms with Crippen molar-refractivity contribution in [2.75, 3.05) is 0 Å². The van der Waals surface area contributed by atoms with Gasteiger partial charge in [0.2, 0.25) is 0 Å². The molecule has 1 atom stereocenters. The van der Waals surface area contributed by atoms with Crippen LogP contribution < -0.4 is 0 Å². The van der Waals surface area contributed by atoms with Gasteiger partial charge in [-0.2, -0.15) is 0 Å².